The summed E-state index contributed by atoms with van der Waals surface area (Å²) in [4.78, 5) is 17.0. The van der Waals surface area contributed by atoms with Gasteiger partial charge in [0.1, 0.15) is 12.3 Å². The van der Waals surface area contributed by atoms with Crippen LogP contribution >= 0.6 is 0 Å². The first-order valence-corrected chi connectivity index (χ1v) is 4.78. The Morgan fingerprint density at radius 3 is 2.67 bits per heavy atom. The van der Waals surface area contributed by atoms with Gasteiger partial charge in [0.2, 0.25) is 11.8 Å². The monoisotopic (exact) mass is 263 g/mol. The van der Waals surface area contributed by atoms with E-state index in [1.165, 1.54) is 6.92 Å². The van der Waals surface area contributed by atoms with E-state index in [0.29, 0.717) is 0 Å². The van der Waals surface area contributed by atoms with Crippen LogP contribution in [0.3, 0.4) is 0 Å². The highest BCUT2D eigenvalue weighted by molar-refractivity contribution is 5.60. The highest BCUT2D eigenvalue weighted by Gasteiger charge is 2.30. The summed E-state index contributed by atoms with van der Waals surface area (Å²) in [6.45, 7) is -1.07. The fraction of sp³-hybridized carbons (Fsp3) is 0.500. The average Bonchev–Trinajstić information content (AvgIpc) is 2.25. The largest absolute Gasteiger partial charge is 0.390 e. The molecule has 0 atom stereocenters. The minimum atomic E-state index is -3.42. The molecule has 1 rings (SSSR count). The summed E-state index contributed by atoms with van der Waals surface area (Å²) in [5, 5.41) is 21.2. The van der Waals surface area contributed by atoms with E-state index in [9.17, 15) is 18.9 Å². The predicted molar refractivity (Wildman–Crippen MR) is 58.4 cm³/mol. The molecule has 1 aromatic rings. The standard InChI is InChI=1S/C8H11F2N5O3/c1-4-5(15(17)18)6(14-7(11)13-4)12-2-8(9,10)3-16/h16H,2-3H2,1H3,(H3,11,12,13,14). The van der Waals surface area contributed by atoms with Gasteiger partial charge in [0, 0.05) is 0 Å². The van der Waals surface area contributed by atoms with Crippen LogP contribution < -0.4 is 11.1 Å². The molecule has 0 radical (unpaired) electrons. The van der Waals surface area contributed by atoms with Gasteiger partial charge in [0.15, 0.2) is 0 Å². The highest BCUT2D eigenvalue weighted by atomic mass is 19.3. The van der Waals surface area contributed by atoms with Gasteiger partial charge in [-0.2, -0.15) is 4.98 Å². The Bertz CT molecular complexity index is 468. The van der Waals surface area contributed by atoms with Gasteiger partial charge in [0.05, 0.1) is 11.5 Å². The number of nitro groups is 1. The lowest BCUT2D eigenvalue weighted by Gasteiger charge is -2.14. The quantitative estimate of drug-likeness (QED) is 0.515. The van der Waals surface area contributed by atoms with Gasteiger partial charge in [-0.25, -0.2) is 13.8 Å². The number of rotatable bonds is 5. The maximum Gasteiger partial charge on any atom is 0.332 e. The molecule has 0 aliphatic rings. The smallest absolute Gasteiger partial charge is 0.332 e. The fourth-order valence-corrected chi connectivity index (χ4v) is 1.20. The van der Waals surface area contributed by atoms with Crippen LogP contribution in [0.2, 0.25) is 0 Å². The number of anilines is 2. The van der Waals surface area contributed by atoms with Crippen molar-refractivity contribution in [3.63, 3.8) is 0 Å². The third-order valence-electron chi connectivity index (χ3n) is 2.00. The molecule has 0 aliphatic carbocycles. The lowest BCUT2D eigenvalue weighted by Crippen LogP contribution is -2.31. The predicted octanol–water partition coefficient (Wildman–Crippen LogP) is 0.315. The van der Waals surface area contributed by atoms with Crippen LogP contribution in [0.4, 0.5) is 26.2 Å². The Balaban J connectivity index is 3.04. The van der Waals surface area contributed by atoms with Gasteiger partial charge >= 0.3 is 5.69 Å². The number of hydrogen-bond acceptors (Lipinski definition) is 7. The summed E-state index contributed by atoms with van der Waals surface area (Å²) in [6, 6.07) is 0. The zero-order chi connectivity index (χ0) is 13.9. The van der Waals surface area contributed by atoms with Crippen molar-refractivity contribution in [2.24, 2.45) is 0 Å². The van der Waals surface area contributed by atoms with Crippen molar-refractivity contribution in [1.29, 1.82) is 0 Å². The van der Waals surface area contributed by atoms with Gasteiger partial charge in [-0.15, -0.1) is 0 Å². The van der Waals surface area contributed by atoms with E-state index in [0.717, 1.165) is 0 Å². The first kappa shape index (κ1) is 14.0. The molecule has 4 N–H and O–H groups in total. The van der Waals surface area contributed by atoms with Crippen molar-refractivity contribution in [2.45, 2.75) is 12.8 Å². The van der Waals surface area contributed by atoms with E-state index < -0.39 is 35.5 Å². The van der Waals surface area contributed by atoms with Crippen molar-refractivity contribution >= 4 is 17.5 Å². The van der Waals surface area contributed by atoms with Crippen LogP contribution in [-0.2, 0) is 0 Å². The molecule has 100 valence electrons. The highest BCUT2D eigenvalue weighted by Crippen LogP contribution is 2.26. The molecule has 0 saturated carbocycles. The number of hydrogen-bond donors (Lipinski definition) is 3. The van der Waals surface area contributed by atoms with E-state index in [4.69, 9.17) is 10.8 Å². The van der Waals surface area contributed by atoms with Crippen molar-refractivity contribution in [3.8, 4) is 0 Å². The van der Waals surface area contributed by atoms with Crippen LogP contribution in [-0.4, -0.2) is 39.1 Å². The molecular weight excluding hydrogens is 252 g/mol. The number of nitrogens with one attached hydrogen (secondary N) is 1. The Kier molecular flexibility index (Phi) is 3.91. The number of aliphatic hydroxyl groups excluding tert-OH is 1. The summed E-state index contributed by atoms with van der Waals surface area (Å²) in [6.07, 6.45) is 0. The molecule has 0 fully saturated rings. The number of nitrogens with zero attached hydrogens (tertiary/aromatic N) is 3. The second-order valence-electron chi connectivity index (χ2n) is 3.49. The normalized spacial score (nSPS) is 11.3. The molecule has 1 aromatic heterocycles. The first-order valence-electron chi connectivity index (χ1n) is 4.78. The average molecular weight is 263 g/mol. The minimum absolute atomic E-state index is 0.0395. The maximum atomic E-state index is 12.8. The number of aryl methyl sites for hydroxylation is 1. The second-order valence-corrected chi connectivity index (χ2v) is 3.49. The van der Waals surface area contributed by atoms with Crippen molar-refractivity contribution in [1.82, 2.24) is 9.97 Å². The summed E-state index contributed by atoms with van der Waals surface area (Å²) >= 11 is 0. The van der Waals surface area contributed by atoms with Crippen molar-refractivity contribution in [3.05, 3.63) is 15.8 Å². The Labute approximate surface area is 100.0 Å². The van der Waals surface area contributed by atoms with Crippen LogP contribution in [0.1, 0.15) is 5.69 Å². The molecule has 18 heavy (non-hydrogen) atoms. The summed E-state index contributed by atoms with van der Waals surface area (Å²) < 4.78 is 25.6. The van der Waals surface area contributed by atoms with Crippen LogP contribution in [0.5, 0.6) is 0 Å². The Morgan fingerprint density at radius 2 is 2.17 bits per heavy atom. The van der Waals surface area contributed by atoms with E-state index >= 15 is 0 Å². The molecule has 10 heteroatoms. The van der Waals surface area contributed by atoms with Crippen molar-refractivity contribution in [2.75, 3.05) is 24.2 Å². The fourth-order valence-electron chi connectivity index (χ4n) is 1.20. The molecule has 0 aliphatic heterocycles. The summed E-state index contributed by atoms with van der Waals surface area (Å²) in [5.41, 5.74) is 4.71. The first-order chi connectivity index (χ1) is 8.26. The zero-order valence-corrected chi connectivity index (χ0v) is 9.35. The molecule has 0 amide bonds. The van der Waals surface area contributed by atoms with Crippen molar-refractivity contribution < 1.29 is 18.8 Å². The van der Waals surface area contributed by atoms with Crippen LogP contribution in [0, 0.1) is 17.0 Å². The molecule has 0 spiro atoms. The number of nitrogen functional groups attached to an aromatic ring is 1. The van der Waals surface area contributed by atoms with Crippen LogP contribution in [0.15, 0.2) is 0 Å². The van der Waals surface area contributed by atoms with E-state index in [1.54, 1.807) is 0 Å². The van der Waals surface area contributed by atoms with Crippen LogP contribution in [0.25, 0.3) is 0 Å². The molecular formula is C8H11F2N5O3. The number of alkyl halides is 2. The molecule has 0 aromatic carbocycles. The lowest BCUT2D eigenvalue weighted by atomic mass is 10.3. The van der Waals surface area contributed by atoms with Gasteiger partial charge in [-0.05, 0) is 6.92 Å². The zero-order valence-electron chi connectivity index (χ0n) is 9.35. The molecule has 0 unspecified atom stereocenters. The molecule has 1 heterocycles. The maximum absolute atomic E-state index is 12.8. The van der Waals surface area contributed by atoms with E-state index in [-0.39, 0.29) is 11.6 Å². The van der Waals surface area contributed by atoms with Gasteiger partial charge in [0.25, 0.3) is 5.92 Å². The second kappa shape index (κ2) is 5.04. The van der Waals surface area contributed by atoms with Gasteiger partial charge in [-0.3, -0.25) is 10.1 Å². The third-order valence-corrected chi connectivity index (χ3v) is 2.00. The third kappa shape index (κ3) is 3.20. The molecule has 8 nitrogen and oxygen atoms in total. The minimum Gasteiger partial charge on any atom is -0.390 e. The van der Waals surface area contributed by atoms with Gasteiger partial charge in [-0.1, -0.05) is 0 Å². The van der Waals surface area contributed by atoms with E-state index in [1.807, 2.05) is 0 Å². The number of nitrogens with two attached hydrogens (primary N) is 1. The number of halogens is 2. The topological polar surface area (TPSA) is 127 Å². The lowest BCUT2D eigenvalue weighted by molar-refractivity contribution is -0.385. The van der Waals surface area contributed by atoms with E-state index in [2.05, 4.69) is 15.3 Å². The summed E-state index contributed by atoms with van der Waals surface area (Å²) in [5.74, 6) is -4.09. The SMILES string of the molecule is Cc1nc(N)nc(NCC(F)(F)CO)c1[N+](=O)[O-]. The van der Waals surface area contributed by atoms with Gasteiger partial charge < -0.3 is 16.2 Å². The summed E-state index contributed by atoms with van der Waals surface area (Å²) in [7, 11) is 0. The number of aromatic nitrogens is 2. The Morgan fingerprint density at radius 1 is 1.56 bits per heavy atom. The molecule has 0 saturated heterocycles. The molecule has 0 bridgehead atoms. The number of aliphatic hydroxyl groups is 1. The Hall–Kier alpha value is -2.10.